The third-order valence-corrected chi connectivity index (χ3v) is 4.25. The van der Waals surface area contributed by atoms with Crippen molar-refractivity contribution in [3.05, 3.63) is 23.8 Å². The second-order valence-corrected chi connectivity index (χ2v) is 6.43. The lowest BCUT2D eigenvalue weighted by atomic mass is 9.93. The third-order valence-electron chi connectivity index (χ3n) is 4.25. The highest BCUT2D eigenvalue weighted by Crippen LogP contribution is 2.31. The van der Waals surface area contributed by atoms with Gasteiger partial charge in [-0.05, 0) is 25.8 Å². The summed E-state index contributed by atoms with van der Waals surface area (Å²) in [5.41, 5.74) is 0.245. The maximum absolute atomic E-state index is 10.8. The Morgan fingerprint density at radius 1 is 1.07 bits per heavy atom. The van der Waals surface area contributed by atoms with Gasteiger partial charge in [0.05, 0.1) is 26.4 Å². The molecule has 1 aromatic carbocycles. The van der Waals surface area contributed by atoms with E-state index in [0.717, 1.165) is 37.8 Å². The maximum atomic E-state index is 10.8. The van der Waals surface area contributed by atoms with E-state index in [1.807, 2.05) is 25.1 Å². The zero-order valence-corrected chi connectivity index (χ0v) is 19.6. The van der Waals surface area contributed by atoms with Crippen molar-refractivity contribution < 1.29 is 14.6 Å². The summed E-state index contributed by atoms with van der Waals surface area (Å²) in [5.74, 6) is 2.07. The number of guanidine groups is 1. The van der Waals surface area contributed by atoms with Gasteiger partial charge in [0.15, 0.2) is 17.5 Å². The van der Waals surface area contributed by atoms with E-state index >= 15 is 0 Å². The Labute approximate surface area is 181 Å². The zero-order valence-electron chi connectivity index (χ0n) is 17.3. The number of nitrogens with zero attached hydrogens (tertiary/aromatic N) is 1. The van der Waals surface area contributed by atoms with Crippen LogP contribution in [0.3, 0.4) is 0 Å². The monoisotopic (exact) mass is 493 g/mol. The van der Waals surface area contributed by atoms with Crippen LogP contribution < -0.4 is 20.1 Å². The van der Waals surface area contributed by atoms with Gasteiger partial charge in [0.1, 0.15) is 0 Å². The summed E-state index contributed by atoms with van der Waals surface area (Å²) in [5, 5.41) is 17.3. The van der Waals surface area contributed by atoms with Crippen molar-refractivity contribution in [2.75, 3.05) is 27.3 Å². The van der Waals surface area contributed by atoms with Gasteiger partial charge in [-0.1, -0.05) is 38.8 Å². The largest absolute Gasteiger partial charge is 0.493 e. The molecule has 0 amide bonds. The van der Waals surface area contributed by atoms with Gasteiger partial charge in [-0.3, -0.25) is 0 Å². The maximum Gasteiger partial charge on any atom is 0.191 e. The molecule has 1 aromatic rings. The van der Waals surface area contributed by atoms with Crippen molar-refractivity contribution in [2.24, 2.45) is 4.99 Å². The number of para-hydroxylation sites is 1. The van der Waals surface area contributed by atoms with Gasteiger partial charge < -0.3 is 25.2 Å². The fraction of sp³-hybridized carbons (Fsp3) is 0.650. The molecule has 1 rings (SSSR count). The second-order valence-electron chi connectivity index (χ2n) is 6.43. The molecular weight excluding hydrogens is 457 g/mol. The lowest BCUT2D eigenvalue weighted by Crippen LogP contribution is -2.47. The number of rotatable bonds is 11. The summed E-state index contributed by atoms with van der Waals surface area (Å²) in [6.07, 6.45) is 3.45. The standard InChI is InChI=1S/C20H35N3O3.HI/c1-6-12-20(24,13-7-2)15-23-19(21-8-3)22-14-16-10-9-11-17(25-4)18(16)26-5;/h9-11,24H,6-8,12-15H2,1-5H3,(H2,21,22,23);1H. The van der Waals surface area contributed by atoms with Gasteiger partial charge in [0.25, 0.3) is 0 Å². The summed E-state index contributed by atoms with van der Waals surface area (Å²) in [4.78, 5) is 4.64. The lowest BCUT2D eigenvalue weighted by Gasteiger charge is -2.28. The molecule has 0 atom stereocenters. The molecule has 0 fully saturated rings. The molecule has 0 unspecified atom stereocenters. The molecule has 0 heterocycles. The minimum atomic E-state index is -0.701. The molecule has 0 radical (unpaired) electrons. The molecule has 0 saturated heterocycles. The van der Waals surface area contributed by atoms with E-state index in [1.165, 1.54) is 0 Å². The molecule has 6 nitrogen and oxygen atoms in total. The first-order valence-electron chi connectivity index (χ1n) is 9.47. The van der Waals surface area contributed by atoms with Crippen LogP contribution in [0.2, 0.25) is 0 Å². The van der Waals surface area contributed by atoms with Gasteiger partial charge >= 0.3 is 0 Å². The minimum absolute atomic E-state index is 0. The average molecular weight is 493 g/mol. The highest BCUT2D eigenvalue weighted by atomic mass is 127. The average Bonchev–Trinajstić information content (AvgIpc) is 2.64. The highest BCUT2D eigenvalue weighted by molar-refractivity contribution is 14.0. The summed E-state index contributed by atoms with van der Waals surface area (Å²) >= 11 is 0. The van der Waals surface area contributed by atoms with Crippen LogP contribution >= 0.6 is 24.0 Å². The second kappa shape index (κ2) is 13.9. The SMILES string of the molecule is CCCC(O)(CCC)CNC(=NCc1cccc(OC)c1OC)NCC.I. The first kappa shape index (κ1) is 25.8. The van der Waals surface area contributed by atoms with E-state index in [0.29, 0.717) is 30.5 Å². The topological polar surface area (TPSA) is 75.1 Å². The minimum Gasteiger partial charge on any atom is -0.493 e. The van der Waals surface area contributed by atoms with Crippen LogP contribution in [-0.4, -0.2) is 44.0 Å². The van der Waals surface area contributed by atoms with Gasteiger partial charge in [0, 0.05) is 18.7 Å². The van der Waals surface area contributed by atoms with E-state index in [1.54, 1.807) is 14.2 Å². The highest BCUT2D eigenvalue weighted by Gasteiger charge is 2.24. The Balaban J connectivity index is 0.00000676. The fourth-order valence-electron chi connectivity index (χ4n) is 3.06. The van der Waals surface area contributed by atoms with Crippen LogP contribution in [0.5, 0.6) is 11.5 Å². The van der Waals surface area contributed by atoms with Crippen molar-refractivity contribution in [2.45, 2.75) is 58.6 Å². The van der Waals surface area contributed by atoms with Crippen LogP contribution in [0.25, 0.3) is 0 Å². The van der Waals surface area contributed by atoms with Crippen molar-refractivity contribution in [3.8, 4) is 11.5 Å². The summed E-state index contributed by atoms with van der Waals surface area (Å²) in [6, 6.07) is 5.76. The van der Waals surface area contributed by atoms with Crippen LogP contribution in [0.1, 0.15) is 52.0 Å². The van der Waals surface area contributed by atoms with Crippen molar-refractivity contribution in [1.29, 1.82) is 0 Å². The van der Waals surface area contributed by atoms with Gasteiger partial charge in [-0.15, -0.1) is 24.0 Å². The molecule has 3 N–H and O–H groups in total. The third kappa shape index (κ3) is 8.55. The molecule has 0 bridgehead atoms. The van der Waals surface area contributed by atoms with Crippen molar-refractivity contribution in [1.82, 2.24) is 10.6 Å². The number of hydrogen-bond acceptors (Lipinski definition) is 4. The van der Waals surface area contributed by atoms with E-state index in [4.69, 9.17) is 9.47 Å². The van der Waals surface area contributed by atoms with Crippen LogP contribution in [0.4, 0.5) is 0 Å². The predicted octanol–water partition coefficient (Wildman–Crippen LogP) is 3.71. The number of aliphatic imine (C=N–C) groups is 1. The number of halogens is 1. The Kier molecular flexibility index (Phi) is 13.2. The molecular formula is C20H36IN3O3. The number of ether oxygens (including phenoxy) is 2. The number of aliphatic hydroxyl groups is 1. The van der Waals surface area contributed by atoms with E-state index in [2.05, 4.69) is 29.5 Å². The Morgan fingerprint density at radius 2 is 1.74 bits per heavy atom. The summed E-state index contributed by atoms with van der Waals surface area (Å²) in [6.45, 7) is 7.89. The molecule has 0 aromatic heterocycles. The Morgan fingerprint density at radius 3 is 2.26 bits per heavy atom. The van der Waals surface area contributed by atoms with E-state index < -0.39 is 5.60 Å². The number of methoxy groups -OCH3 is 2. The molecule has 7 heteroatoms. The van der Waals surface area contributed by atoms with Crippen LogP contribution in [0.15, 0.2) is 23.2 Å². The fourth-order valence-corrected chi connectivity index (χ4v) is 3.06. The molecule has 0 spiro atoms. The van der Waals surface area contributed by atoms with Crippen LogP contribution in [0, 0.1) is 0 Å². The lowest BCUT2D eigenvalue weighted by molar-refractivity contribution is 0.0257. The quantitative estimate of drug-likeness (QED) is 0.249. The van der Waals surface area contributed by atoms with E-state index in [9.17, 15) is 5.11 Å². The molecule has 156 valence electrons. The van der Waals surface area contributed by atoms with Crippen LogP contribution in [-0.2, 0) is 6.54 Å². The van der Waals surface area contributed by atoms with E-state index in [-0.39, 0.29) is 24.0 Å². The smallest absolute Gasteiger partial charge is 0.191 e. The number of nitrogens with one attached hydrogen (secondary N) is 2. The number of hydrogen-bond donors (Lipinski definition) is 3. The number of benzene rings is 1. The van der Waals surface area contributed by atoms with Gasteiger partial charge in [-0.2, -0.15) is 0 Å². The molecule has 27 heavy (non-hydrogen) atoms. The summed E-state index contributed by atoms with van der Waals surface area (Å²) < 4.78 is 10.8. The van der Waals surface area contributed by atoms with Gasteiger partial charge in [-0.25, -0.2) is 4.99 Å². The first-order chi connectivity index (χ1) is 12.5. The predicted molar refractivity (Wildman–Crippen MR) is 123 cm³/mol. The molecule has 0 aliphatic heterocycles. The van der Waals surface area contributed by atoms with Crippen molar-refractivity contribution in [3.63, 3.8) is 0 Å². The molecule has 0 aliphatic carbocycles. The Hall–Kier alpha value is -1.22. The van der Waals surface area contributed by atoms with Gasteiger partial charge in [0.2, 0.25) is 0 Å². The summed E-state index contributed by atoms with van der Waals surface area (Å²) in [7, 11) is 3.25. The van der Waals surface area contributed by atoms with Crippen molar-refractivity contribution >= 4 is 29.9 Å². The normalized spacial score (nSPS) is 11.6. The molecule has 0 saturated carbocycles. The Bertz CT molecular complexity index is 561. The first-order valence-corrected chi connectivity index (χ1v) is 9.47. The zero-order chi connectivity index (χ0) is 19.4. The molecule has 0 aliphatic rings.